The van der Waals surface area contributed by atoms with Crippen molar-refractivity contribution in [1.82, 2.24) is 9.88 Å². The molecule has 1 fully saturated rings. The second-order valence-electron chi connectivity index (χ2n) is 4.80. The first-order valence-electron chi connectivity index (χ1n) is 6.38. The van der Waals surface area contributed by atoms with Crippen molar-refractivity contribution in [3.05, 3.63) is 35.3 Å². The molecule has 2 heterocycles. The van der Waals surface area contributed by atoms with Crippen LogP contribution in [-0.2, 0) is 4.79 Å². The molecule has 0 spiro atoms. The minimum atomic E-state index is -0.802. The second-order valence-corrected chi connectivity index (χ2v) is 6.77. The number of aliphatic carboxylic acids is 1. The number of carbonyl (C=O) groups is 1. The average Bonchev–Trinajstić information content (AvgIpc) is 3.05. The van der Waals surface area contributed by atoms with Gasteiger partial charge in [-0.1, -0.05) is 12.1 Å². The molecular formula is C14H14N2O3S2. The number of aromatic hydroxyl groups is 1. The van der Waals surface area contributed by atoms with Gasteiger partial charge in [0, 0.05) is 11.1 Å². The molecule has 0 radical (unpaired) electrons. The zero-order chi connectivity index (χ0) is 15.0. The molecule has 2 N–H and O–H groups in total. The number of benzene rings is 1. The minimum Gasteiger partial charge on any atom is -0.507 e. The van der Waals surface area contributed by atoms with E-state index in [0.29, 0.717) is 11.3 Å². The summed E-state index contributed by atoms with van der Waals surface area (Å²) < 4.78 is 0. The van der Waals surface area contributed by atoms with Crippen molar-refractivity contribution >= 4 is 29.1 Å². The van der Waals surface area contributed by atoms with E-state index in [1.807, 2.05) is 29.5 Å². The standard InChI is InChI=1S/C14H14N2O3S2/c1-16-10(14(18)19)7-21-13(16)9-6-20-12(15-9)8-4-2-3-5-11(8)17/h2-6,10,13,17H,7H2,1H3,(H,18,19)/t10-,13+/m0/s1. The van der Waals surface area contributed by atoms with Crippen LogP contribution in [0.2, 0.25) is 0 Å². The van der Waals surface area contributed by atoms with E-state index in [0.717, 1.165) is 10.7 Å². The molecule has 1 aromatic carbocycles. The summed E-state index contributed by atoms with van der Waals surface area (Å²) in [5, 5.41) is 21.7. The molecule has 1 saturated heterocycles. The topological polar surface area (TPSA) is 73.7 Å². The van der Waals surface area contributed by atoms with Gasteiger partial charge >= 0.3 is 5.97 Å². The molecule has 7 heteroatoms. The Morgan fingerprint density at radius 3 is 2.86 bits per heavy atom. The number of nitrogens with zero attached hydrogens (tertiary/aromatic N) is 2. The fourth-order valence-electron chi connectivity index (χ4n) is 2.30. The second kappa shape index (κ2) is 5.67. The number of rotatable bonds is 3. The third-order valence-electron chi connectivity index (χ3n) is 3.47. The lowest BCUT2D eigenvalue weighted by Crippen LogP contribution is -2.35. The van der Waals surface area contributed by atoms with Gasteiger partial charge in [0.05, 0.1) is 11.3 Å². The van der Waals surface area contributed by atoms with Crippen LogP contribution < -0.4 is 0 Å². The van der Waals surface area contributed by atoms with Crippen LogP contribution in [0.1, 0.15) is 11.1 Å². The minimum absolute atomic E-state index is 0.0537. The largest absolute Gasteiger partial charge is 0.507 e. The fourth-order valence-corrected chi connectivity index (χ4v) is 4.67. The van der Waals surface area contributed by atoms with Gasteiger partial charge in [0.25, 0.3) is 0 Å². The van der Waals surface area contributed by atoms with Crippen molar-refractivity contribution in [2.45, 2.75) is 11.4 Å². The van der Waals surface area contributed by atoms with E-state index in [2.05, 4.69) is 4.98 Å². The number of hydrogen-bond donors (Lipinski definition) is 2. The van der Waals surface area contributed by atoms with Crippen LogP contribution in [0.15, 0.2) is 29.6 Å². The number of aromatic nitrogens is 1. The van der Waals surface area contributed by atoms with Gasteiger partial charge in [-0.25, -0.2) is 4.98 Å². The fraction of sp³-hybridized carbons (Fsp3) is 0.286. The third kappa shape index (κ3) is 2.64. The number of phenols is 1. The summed E-state index contributed by atoms with van der Waals surface area (Å²) >= 11 is 3.04. The number of carboxylic acid groups (broad SMARTS) is 1. The van der Waals surface area contributed by atoms with Crippen molar-refractivity contribution in [3.63, 3.8) is 0 Å². The number of carboxylic acids is 1. The highest BCUT2D eigenvalue weighted by Crippen LogP contribution is 2.42. The molecule has 1 aromatic heterocycles. The number of hydrogen-bond acceptors (Lipinski definition) is 6. The molecule has 3 rings (SSSR count). The summed E-state index contributed by atoms with van der Waals surface area (Å²) in [7, 11) is 1.81. The number of phenolic OH excluding ortho intramolecular Hbond substituents is 1. The molecule has 2 aromatic rings. The summed E-state index contributed by atoms with van der Waals surface area (Å²) in [5.74, 6) is -0.0437. The van der Waals surface area contributed by atoms with Crippen LogP contribution >= 0.6 is 23.1 Å². The Kier molecular flexibility index (Phi) is 3.88. The molecule has 0 amide bonds. The Labute approximate surface area is 130 Å². The predicted octanol–water partition coefficient (Wildman–Crippen LogP) is 2.65. The van der Waals surface area contributed by atoms with Crippen LogP contribution in [0.5, 0.6) is 5.75 Å². The zero-order valence-electron chi connectivity index (χ0n) is 11.3. The van der Waals surface area contributed by atoms with Crippen LogP contribution in [0.25, 0.3) is 10.6 Å². The Hall–Kier alpha value is -1.57. The zero-order valence-corrected chi connectivity index (χ0v) is 12.9. The van der Waals surface area contributed by atoms with Crippen molar-refractivity contribution in [2.75, 3.05) is 12.8 Å². The molecule has 5 nitrogen and oxygen atoms in total. The predicted molar refractivity (Wildman–Crippen MR) is 83.6 cm³/mol. The van der Waals surface area contributed by atoms with E-state index in [4.69, 9.17) is 5.11 Å². The van der Waals surface area contributed by atoms with Crippen LogP contribution in [0.3, 0.4) is 0 Å². The van der Waals surface area contributed by atoms with E-state index >= 15 is 0 Å². The summed E-state index contributed by atoms with van der Waals surface area (Å²) in [6.07, 6.45) is 0. The van der Waals surface area contributed by atoms with Gasteiger partial charge < -0.3 is 10.2 Å². The van der Waals surface area contributed by atoms with Crippen molar-refractivity contribution in [1.29, 1.82) is 0 Å². The lowest BCUT2D eigenvalue weighted by atomic mass is 10.2. The molecule has 1 aliphatic heterocycles. The quantitative estimate of drug-likeness (QED) is 0.905. The molecule has 110 valence electrons. The molecule has 0 aliphatic carbocycles. The molecule has 2 atom stereocenters. The van der Waals surface area contributed by atoms with Crippen molar-refractivity contribution in [2.24, 2.45) is 0 Å². The highest BCUT2D eigenvalue weighted by Gasteiger charge is 2.37. The maximum absolute atomic E-state index is 11.2. The lowest BCUT2D eigenvalue weighted by Gasteiger charge is -2.20. The average molecular weight is 322 g/mol. The normalized spacial score (nSPS) is 22.5. The summed E-state index contributed by atoms with van der Waals surface area (Å²) in [4.78, 5) is 17.6. The van der Waals surface area contributed by atoms with Crippen molar-refractivity contribution in [3.8, 4) is 16.3 Å². The summed E-state index contributed by atoms with van der Waals surface area (Å²) in [6, 6.07) is 6.60. The van der Waals surface area contributed by atoms with E-state index in [-0.39, 0.29) is 11.1 Å². The monoisotopic (exact) mass is 322 g/mol. The molecule has 0 saturated carbocycles. The highest BCUT2D eigenvalue weighted by molar-refractivity contribution is 7.99. The maximum atomic E-state index is 11.2. The first-order valence-corrected chi connectivity index (χ1v) is 8.31. The smallest absolute Gasteiger partial charge is 0.321 e. The summed E-state index contributed by atoms with van der Waals surface area (Å²) in [6.45, 7) is 0. The molecule has 0 unspecified atom stereocenters. The SMILES string of the molecule is CN1[C@@H](c2csc(-c3ccccc3O)n2)SC[C@H]1C(=O)O. The van der Waals surface area contributed by atoms with E-state index in [1.54, 1.807) is 23.9 Å². The molecular weight excluding hydrogens is 308 g/mol. The van der Waals surface area contributed by atoms with Gasteiger partial charge in [-0.3, -0.25) is 9.69 Å². The summed E-state index contributed by atoms with van der Waals surface area (Å²) in [5.41, 5.74) is 1.55. The molecule has 1 aliphatic rings. The van der Waals surface area contributed by atoms with Crippen molar-refractivity contribution < 1.29 is 15.0 Å². The van der Waals surface area contributed by atoms with Gasteiger partial charge in [0.1, 0.15) is 22.2 Å². The van der Waals surface area contributed by atoms with Gasteiger partial charge in [-0.2, -0.15) is 0 Å². The van der Waals surface area contributed by atoms with E-state index in [1.165, 1.54) is 11.3 Å². The maximum Gasteiger partial charge on any atom is 0.321 e. The highest BCUT2D eigenvalue weighted by atomic mass is 32.2. The van der Waals surface area contributed by atoms with Gasteiger partial charge in [-0.05, 0) is 19.2 Å². The number of thiazole rings is 1. The molecule has 21 heavy (non-hydrogen) atoms. The van der Waals surface area contributed by atoms with Crippen LogP contribution in [0.4, 0.5) is 0 Å². The number of thioether (sulfide) groups is 1. The van der Waals surface area contributed by atoms with E-state index < -0.39 is 12.0 Å². The van der Waals surface area contributed by atoms with Gasteiger partial charge in [-0.15, -0.1) is 23.1 Å². The Bertz CT molecular complexity index is 674. The number of likely N-dealkylation sites (N-methyl/N-ethyl adjacent to an activating group) is 1. The Morgan fingerprint density at radius 1 is 1.43 bits per heavy atom. The van der Waals surface area contributed by atoms with E-state index in [9.17, 15) is 9.90 Å². The number of para-hydroxylation sites is 1. The van der Waals surface area contributed by atoms with Crippen LogP contribution in [-0.4, -0.2) is 44.9 Å². The van der Waals surface area contributed by atoms with Gasteiger partial charge in [0.15, 0.2) is 0 Å². The van der Waals surface area contributed by atoms with Crippen LogP contribution in [0, 0.1) is 0 Å². The van der Waals surface area contributed by atoms with Gasteiger partial charge in [0.2, 0.25) is 0 Å². The Balaban J connectivity index is 1.86. The molecule has 0 bridgehead atoms. The first-order chi connectivity index (χ1) is 10.1. The third-order valence-corrected chi connectivity index (χ3v) is 5.76. The first kappa shape index (κ1) is 14.4. The lowest BCUT2D eigenvalue weighted by molar-refractivity contribution is -0.141. The Morgan fingerprint density at radius 2 is 2.19 bits per heavy atom.